The molecule has 0 unspecified atom stereocenters. The predicted molar refractivity (Wildman–Crippen MR) is 110 cm³/mol. The van der Waals surface area contributed by atoms with Gasteiger partial charge in [0.1, 0.15) is 0 Å². The van der Waals surface area contributed by atoms with Crippen molar-refractivity contribution in [2.75, 3.05) is 16.6 Å². The second kappa shape index (κ2) is 8.84. The summed E-state index contributed by atoms with van der Waals surface area (Å²) < 4.78 is 30.7. The summed E-state index contributed by atoms with van der Waals surface area (Å²) in [6.45, 7) is 2.05. The first-order chi connectivity index (χ1) is 13.8. The van der Waals surface area contributed by atoms with E-state index < -0.39 is 28.0 Å². The molecule has 1 atom stereocenters. The Morgan fingerprint density at radius 2 is 1.97 bits per heavy atom. The number of benzene rings is 2. The maximum Gasteiger partial charge on any atom is 0.338 e. The molecule has 0 spiro atoms. The summed E-state index contributed by atoms with van der Waals surface area (Å²) in [7, 11) is -3.35. The Hall–Kier alpha value is -2.58. The molecule has 1 aliphatic rings. The van der Waals surface area contributed by atoms with E-state index in [0.717, 1.165) is 5.56 Å². The normalized spacial score (nSPS) is 16.3. The van der Waals surface area contributed by atoms with Gasteiger partial charge in [-0.2, -0.15) is 0 Å². The fourth-order valence-corrected chi connectivity index (χ4v) is 4.73. The van der Waals surface area contributed by atoms with Crippen molar-refractivity contribution in [2.24, 2.45) is 0 Å². The first-order valence-corrected chi connectivity index (χ1v) is 11.1. The molecule has 0 aliphatic carbocycles. The van der Waals surface area contributed by atoms with Gasteiger partial charge in [0.15, 0.2) is 6.10 Å². The molecular formula is C20H21ClN2O5S. The maximum absolute atomic E-state index is 12.4. The molecule has 1 heterocycles. The number of hydrogen-bond acceptors (Lipinski definition) is 5. The van der Waals surface area contributed by atoms with E-state index in [9.17, 15) is 18.0 Å². The molecule has 9 heteroatoms. The van der Waals surface area contributed by atoms with Crippen molar-refractivity contribution in [1.29, 1.82) is 0 Å². The first kappa shape index (κ1) is 21.1. The number of nitrogens with one attached hydrogen (secondary N) is 1. The lowest BCUT2D eigenvalue weighted by Gasteiger charge is -2.18. The van der Waals surface area contributed by atoms with Crippen LogP contribution < -0.4 is 9.62 Å². The first-order valence-electron chi connectivity index (χ1n) is 9.10. The lowest BCUT2D eigenvalue weighted by Crippen LogP contribution is -2.35. The molecule has 2 aromatic carbocycles. The highest BCUT2D eigenvalue weighted by atomic mass is 35.5. The Kier molecular flexibility index (Phi) is 6.44. The zero-order valence-electron chi connectivity index (χ0n) is 15.8. The van der Waals surface area contributed by atoms with E-state index in [1.54, 1.807) is 30.3 Å². The van der Waals surface area contributed by atoms with Gasteiger partial charge in [-0.3, -0.25) is 9.10 Å². The van der Waals surface area contributed by atoms with Crippen molar-refractivity contribution in [1.82, 2.24) is 5.32 Å². The summed E-state index contributed by atoms with van der Waals surface area (Å²) in [5.41, 5.74) is 1.34. The Bertz CT molecular complexity index is 1030. The van der Waals surface area contributed by atoms with Crippen LogP contribution in [-0.2, 0) is 26.1 Å². The fourth-order valence-electron chi connectivity index (χ4n) is 2.97. The van der Waals surface area contributed by atoms with Crippen LogP contribution in [0.25, 0.3) is 0 Å². The SMILES string of the molecule is C[C@H](OC(=O)c1cccc(N2CCCS2(=O)=O)c1)C(=O)NCc1ccccc1Cl. The minimum atomic E-state index is -3.35. The van der Waals surface area contributed by atoms with Crippen LogP contribution in [0.15, 0.2) is 48.5 Å². The molecule has 2 aromatic rings. The van der Waals surface area contributed by atoms with Crippen LogP contribution >= 0.6 is 11.6 Å². The minimum absolute atomic E-state index is 0.0876. The lowest BCUT2D eigenvalue weighted by atomic mass is 10.2. The van der Waals surface area contributed by atoms with Crippen LogP contribution in [0.4, 0.5) is 5.69 Å². The summed E-state index contributed by atoms with van der Waals surface area (Å²) >= 11 is 6.06. The number of carbonyl (C=O) groups is 2. The lowest BCUT2D eigenvalue weighted by molar-refractivity contribution is -0.129. The minimum Gasteiger partial charge on any atom is -0.449 e. The quantitative estimate of drug-likeness (QED) is 0.703. The second-order valence-electron chi connectivity index (χ2n) is 6.65. The highest BCUT2D eigenvalue weighted by Crippen LogP contribution is 2.25. The number of ether oxygens (including phenoxy) is 1. The van der Waals surface area contributed by atoms with Crippen molar-refractivity contribution in [3.8, 4) is 0 Å². The van der Waals surface area contributed by atoms with Crippen LogP contribution in [-0.4, -0.2) is 38.7 Å². The number of carbonyl (C=O) groups excluding carboxylic acids is 2. The van der Waals surface area contributed by atoms with Gasteiger partial charge in [-0.05, 0) is 43.2 Å². The number of amides is 1. The van der Waals surface area contributed by atoms with Crippen molar-refractivity contribution in [3.05, 3.63) is 64.7 Å². The average molecular weight is 437 g/mol. The predicted octanol–water partition coefficient (Wildman–Crippen LogP) is 2.74. The number of halogens is 1. The molecule has 0 saturated carbocycles. The largest absolute Gasteiger partial charge is 0.449 e. The second-order valence-corrected chi connectivity index (χ2v) is 9.07. The summed E-state index contributed by atoms with van der Waals surface area (Å²) in [6.07, 6.45) is -0.483. The van der Waals surface area contributed by atoms with E-state index in [1.807, 2.05) is 6.07 Å². The molecule has 0 radical (unpaired) electrons. The third kappa shape index (κ3) is 5.07. The van der Waals surface area contributed by atoms with E-state index in [1.165, 1.54) is 23.4 Å². The van der Waals surface area contributed by atoms with Gasteiger partial charge in [-0.1, -0.05) is 35.9 Å². The summed E-state index contributed by atoms with van der Waals surface area (Å²) in [5.74, 6) is -1.08. The topological polar surface area (TPSA) is 92.8 Å². The van der Waals surface area contributed by atoms with Crippen LogP contribution in [0.1, 0.15) is 29.3 Å². The molecule has 3 rings (SSSR count). The average Bonchev–Trinajstić information content (AvgIpc) is 3.06. The van der Waals surface area contributed by atoms with E-state index in [-0.39, 0.29) is 17.9 Å². The third-order valence-corrected chi connectivity index (χ3v) is 6.77. The van der Waals surface area contributed by atoms with E-state index >= 15 is 0 Å². The number of hydrogen-bond donors (Lipinski definition) is 1. The standard InChI is InChI=1S/C20H21ClN2O5S/c1-14(19(24)22-13-16-6-2-3-9-18(16)21)28-20(25)15-7-4-8-17(12-15)23-10-5-11-29(23,26)27/h2-4,6-9,12,14H,5,10-11,13H2,1H3,(H,22,24)/t14-/m0/s1. The number of rotatable bonds is 6. The van der Waals surface area contributed by atoms with Crippen molar-refractivity contribution < 1.29 is 22.7 Å². The molecule has 1 N–H and O–H groups in total. The maximum atomic E-state index is 12.4. The van der Waals surface area contributed by atoms with Crippen LogP contribution in [0.2, 0.25) is 5.02 Å². The molecule has 1 saturated heterocycles. The molecule has 1 amide bonds. The molecular weight excluding hydrogens is 416 g/mol. The molecule has 0 bridgehead atoms. The van der Waals surface area contributed by atoms with Gasteiger partial charge in [0.2, 0.25) is 10.0 Å². The van der Waals surface area contributed by atoms with Crippen LogP contribution in [0, 0.1) is 0 Å². The Morgan fingerprint density at radius 3 is 2.66 bits per heavy atom. The summed E-state index contributed by atoms with van der Waals surface area (Å²) in [6, 6.07) is 13.3. The molecule has 1 fully saturated rings. The Labute approximate surface area is 174 Å². The van der Waals surface area contributed by atoms with Gasteiger partial charge >= 0.3 is 5.97 Å². The van der Waals surface area contributed by atoms with Gasteiger partial charge in [0.05, 0.1) is 17.0 Å². The number of nitrogens with zero attached hydrogens (tertiary/aromatic N) is 1. The molecule has 7 nitrogen and oxygen atoms in total. The molecule has 154 valence electrons. The zero-order chi connectivity index (χ0) is 21.0. The third-order valence-electron chi connectivity index (χ3n) is 4.53. The number of anilines is 1. The molecule has 0 aromatic heterocycles. The molecule has 29 heavy (non-hydrogen) atoms. The van der Waals surface area contributed by atoms with Gasteiger partial charge in [0.25, 0.3) is 5.91 Å². The summed E-state index contributed by atoms with van der Waals surface area (Å²) in [4.78, 5) is 24.7. The number of esters is 1. The van der Waals surface area contributed by atoms with Gasteiger partial charge in [-0.15, -0.1) is 0 Å². The van der Waals surface area contributed by atoms with E-state index in [4.69, 9.17) is 16.3 Å². The zero-order valence-corrected chi connectivity index (χ0v) is 17.4. The fraction of sp³-hybridized carbons (Fsp3) is 0.300. The monoisotopic (exact) mass is 436 g/mol. The molecule has 1 aliphatic heterocycles. The van der Waals surface area contributed by atoms with Crippen LogP contribution in [0.3, 0.4) is 0 Å². The van der Waals surface area contributed by atoms with Crippen molar-refractivity contribution >= 4 is 39.2 Å². The number of sulfonamides is 1. The van der Waals surface area contributed by atoms with Gasteiger partial charge in [-0.25, -0.2) is 13.2 Å². The van der Waals surface area contributed by atoms with Gasteiger partial charge in [0, 0.05) is 18.1 Å². The van der Waals surface area contributed by atoms with Crippen LogP contribution in [0.5, 0.6) is 0 Å². The summed E-state index contributed by atoms with van der Waals surface area (Å²) in [5, 5.41) is 3.21. The van der Waals surface area contributed by atoms with Crippen molar-refractivity contribution in [2.45, 2.75) is 26.0 Å². The van der Waals surface area contributed by atoms with Crippen molar-refractivity contribution in [3.63, 3.8) is 0 Å². The van der Waals surface area contributed by atoms with E-state index in [2.05, 4.69) is 5.32 Å². The van der Waals surface area contributed by atoms with Gasteiger partial charge < -0.3 is 10.1 Å². The highest BCUT2D eigenvalue weighted by molar-refractivity contribution is 7.93. The smallest absolute Gasteiger partial charge is 0.338 e. The Balaban J connectivity index is 1.61. The highest BCUT2D eigenvalue weighted by Gasteiger charge is 2.29. The van der Waals surface area contributed by atoms with E-state index in [0.29, 0.717) is 23.7 Å². The Morgan fingerprint density at radius 1 is 1.21 bits per heavy atom.